The lowest BCUT2D eigenvalue weighted by Gasteiger charge is -2.20. The second-order valence-corrected chi connectivity index (χ2v) is 7.48. The Hall–Kier alpha value is -2.70. The summed E-state index contributed by atoms with van der Waals surface area (Å²) in [5.74, 6) is 1.38. The number of rotatable bonds is 4. The lowest BCUT2D eigenvalue weighted by Crippen LogP contribution is -2.33. The van der Waals surface area contributed by atoms with Gasteiger partial charge in [-0.2, -0.15) is 0 Å². The third kappa shape index (κ3) is 3.34. The molecule has 2 aromatic rings. The molecule has 1 N–H and O–H groups in total. The number of carbonyl (C=O) groups excluding carboxylic acids is 2. The molecule has 0 unspecified atom stereocenters. The number of aromatic nitrogens is 3. The maximum atomic E-state index is 12.6. The Labute approximate surface area is 158 Å². The van der Waals surface area contributed by atoms with E-state index in [1.54, 1.807) is 4.90 Å². The fourth-order valence-electron chi connectivity index (χ4n) is 3.95. The molecule has 0 saturated carbocycles. The summed E-state index contributed by atoms with van der Waals surface area (Å²) in [6.07, 6.45) is 3.46. The third-order valence-electron chi connectivity index (χ3n) is 5.72. The standard InChI is InChI=1S/C20H25N5O2/c1-13-6-5-7-16(14(13)2)25-12-15(10-19(25)26)20(27)21-11-18-23-22-17-8-3-4-9-24(17)18/h5-7,15H,3-4,8-12H2,1-2H3,(H,21,27)/t15-/m1/s1. The number of aryl methyl sites for hydroxylation is 2. The van der Waals surface area contributed by atoms with Gasteiger partial charge >= 0.3 is 0 Å². The topological polar surface area (TPSA) is 80.1 Å². The Kier molecular flexibility index (Phi) is 4.68. The second-order valence-electron chi connectivity index (χ2n) is 7.48. The average Bonchev–Trinajstić information content (AvgIpc) is 3.26. The van der Waals surface area contributed by atoms with Crippen LogP contribution in [-0.2, 0) is 29.1 Å². The van der Waals surface area contributed by atoms with Gasteiger partial charge in [0.25, 0.3) is 0 Å². The number of nitrogens with one attached hydrogen (secondary N) is 1. The van der Waals surface area contributed by atoms with Crippen LogP contribution < -0.4 is 10.2 Å². The molecule has 7 heteroatoms. The summed E-state index contributed by atoms with van der Waals surface area (Å²) in [6.45, 7) is 5.74. The Morgan fingerprint density at radius 3 is 2.96 bits per heavy atom. The molecule has 1 atom stereocenters. The number of benzene rings is 1. The number of amides is 2. The zero-order valence-corrected chi connectivity index (χ0v) is 15.9. The monoisotopic (exact) mass is 367 g/mol. The van der Waals surface area contributed by atoms with Gasteiger partial charge in [-0.05, 0) is 43.9 Å². The Morgan fingerprint density at radius 2 is 2.11 bits per heavy atom. The van der Waals surface area contributed by atoms with Gasteiger partial charge in [0.05, 0.1) is 12.5 Å². The first-order valence-electron chi connectivity index (χ1n) is 9.60. The maximum Gasteiger partial charge on any atom is 0.227 e. The van der Waals surface area contributed by atoms with E-state index in [0.29, 0.717) is 13.1 Å². The number of anilines is 1. The predicted octanol–water partition coefficient (Wildman–Crippen LogP) is 1.90. The van der Waals surface area contributed by atoms with Gasteiger partial charge in [-0.25, -0.2) is 0 Å². The van der Waals surface area contributed by atoms with E-state index < -0.39 is 0 Å². The highest BCUT2D eigenvalue weighted by Crippen LogP contribution is 2.29. The summed E-state index contributed by atoms with van der Waals surface area (Å²) in [7, 11) is 0. The van der Waals surface area contributed by atoms with E-state index in [9.17, 15) is 9.59 Å². The summed E-state index contributed by atoms with van der Waals surface area (Å²) in [5.41, 5.74) is 3.13. The van der Waals surface area contributed by atoms with E-state index in [0.717, 1.165) is 54.3 Å². The number of nitrogens with zero attached hydrogens (tertiary/aromatic N) is 4. The van der Waals surface area contributed by atoms with Gasteiger partial charge in [0.1, 0.15) is 5.82 Å². The summed E-state index contributed by atoms with van der Waals surface area (Å²) in [4.78, 5) is 26.9. The van der Waals surface area contributed by atoms with Gasteiger partial charge in [-0.3, -0.25) is 9.59 Å². The molecule has 0 bridgehead atoms. The summed E-state index contributed by atoms with van der Waals surface area (Å²) in [5, 5.41) is 11.4. The van der Waals surface area contributed by atoms with Crippen LogP contribution in [0.4, 0.5) is 5.69 Å². The van der Waals surface area contributed by atoms with E-state index in [1.165, 1.54) is 0 Å². The maximum absolute atomic E-state index is 12.6. The number of hydrogen-bond acceptors (Lipinski definition) is 4. The van der Waals surface area contributed by atoms with Crippen LogP contribution >= 0.6 is 0 Å². The molecule has 0 spiro atoms. The van der Waals surface area contributed by atoms with E-state index in [-0.39, 0.29) is 24.2 Å². The molecule has 7 nitrogen and oxygen atoms in total. The van der Waals surface area contributed by atoms with Crippen molar-refractivity contribution < 1.29 is 9.59 Å². The largest absolute Gasteiger partial charge is 0.348 e. The molecule has 0 aliphatic carbocycles. The molecule has 27 heavy (non-hydrogen) atoms. The minimum Gasteiger partial charge on any atom is -0.348 e. The highest BCUT2D eigenvalue weighted by molar-refractivity contribution is 6.00. The van der Waals surface area contributed by atoms with Crippen LogP contribution in [0.3, 0.4) is 0 Å². The Balaban J connectivity index is 1.41. The summed E-state index contributed by atoms with van der Waals surface area (Å²) >= 11 is 0. The number of hydrogen-bond donors (Lipinski definition) is 1. The lowest BCUT2D eigenvalue weighted by molar-refractivity contribution is -0.126. The average molecular weight is 367 g/mol. The number of fused-ring (bicyclic) bond motifs is 1. The molecule has 0 radical (unpaired) electrons. The molecule has 1 saturated heterocycles. The van der Waals surface area contributed by atoms with Crippen LogP contribution in [0.25, 0.3) is 0 Å². The van der Waals surface area contributed by atoms with Crippen molar-refractivity contribution in [2.75, 3.05) is 11.4 Å². The third-order valence-corrected chi connectivity index (χ3v) is 5.72. The molecule has 2 aliphatic rings. The molecule has 142 valence electrons. The van der Waals surface area contributed by atoms with Crippen LogP contribution in [0.2, 0.25) is 0 Å². The fraction of sp³-hybridized carbons (Fsp3) is 0.500. The van der Waals surface area contributed by atoms with Gasteiger partial charge < -0.3 is 14.8 Å². The fourth-order valence-corrected chi connectivity index (χ4v) is 3.95. The molecule has 1 aromatic carbocycles. The predicted molar refractivity (Wildman–Crippen MR) is 101 cm³/mol. The van der Waals surface area contributed by atoms with Crippen LogP contribution in [0, 0.1) is 19.8 Å². The van der Waals surface area contributed by atoms with Crippen molar-refractivity contribution in [1.82, 2.24) is 20.1 Å². The highest BCUT2D eigenvalue weighted by atomic mass is 16.2. The van der Waals surface area contributed by atoms with Gasteiger partial charge in [-0.1, -0.05) is 12.1 Å². The molecule has 4 rings (SSSR count). The van der Waals surface area contributed by atoms with Crippen molar-refractivity contribution >= 4 is 17.5 Å². The normalized spacial score (nSPS) is 19.3. The van der Waals surface area contributed by atoms with Crippen molar-refractivity contribution in [2.24, 2.45) is 5.92 Å². The summed E-state index contributed by atoms with van der Waals surface area (Å²) < 4.78 is 2.10. The van der Waals surface area contributed by atoms with Crippen LogP contribution in [0.15, 0.2) is 18.2 Å². The summed E-state index contributed by atoms with van der Waals surface area (Å²) in [6, 6.07) is 5.93. The van der Waals surface area contributed by atoms with Gasteiger partial charge in [0.15, 0.2) is 5.82 Å². The Bertz CT molecular complexity index is 888. The van der Waals surface area contributed by atoms with E-state index >= 15 is 0 Å². The first kappa shape index (κ1) is 17.7. The SMILES string of the molecule is Cc1cccc(N2C[C@H](C(=O)NCc3nnc4n3CCCC4)CC2=O)c1C. The first-order valence-corrected chi connectivity index (χ1v) is 9.60. The van der Waals surface area contributed by atoms with Gasteiger partial charge in [-0.15, -0.1) is 10.2 Å². The molecular formula is C20H25N5O2. The van der Waals surface area contributed by atoms with Crippen molar-refractivity contribution in [3.8, 4) is 0 Å². The molecular weight excluding hydrogens is 342 g/mol. The first-order chi connectivity index (χ1) is 13.0. The molecule has 2 aliphatic heterocycles. The van der Waals surface area contributed by atoms with Crippen LogP contribution in [0.5, 0.6) is 0 Å². The second kappa shape index (κ2) is 7.13. The minimum absolute atomic E-state index is 0.00343. The van der Waals surface area contributed by atoms with Gasteiger partial charge in [0, 0.05) is 31.6 Å². The molecule has 3 heterocycles. The zero-order valence-electron chi connectivity index (χ0n) is 15.9. The van der Waals surface area contributed by atoms with Crippen molar-refractivity contribution in [3.05, 3.63) is 41.0 Å². The van der Waals surface area contributed by atoms with E-state index in [4.69, 9.17) is 0 Å². The van der Waals surface area contributed by atoms with Crippen molar-refractivity contribution in [3.63, 3.8) is 0 Å². The van der Waals surface area contributed by atoms with E-state index in [2.05, 4.69) is 20.1 Å². The molecule has 1 fully saturated rings. The van der Waals surface area contributed by atoms with Crippen LogP contribution in [0.1, 0.15) is 42.0 Å². The van der Waals surface area contributed by atoms with E-state index in [1.807, 2.05) is 32.0 Å². The lowest BCUT2D eigenvalue weighted by atomic mass is 10.1. The number of carbonyl (C=O) groups is 2. The van der Waals surface area contributed by atoms with Crippen LogP contribution in [-0.4, -0.2) is 33.1 Å². The quantitative estimate of drug-likeness (QED) is 0.895. The van der Waals surface area contributed by atoms with Crippen molar-refractivity contribution in [1.29, 1.82) is 0 Å². The molecule has 2 amide bonds. The minimum atomic E-state index is -0.332. The Morgan fingerprint density at radius 1 is 1.26 bits per heavy atom. The zero-order chi connectivity index (χ0) is 19.0. The smallest absolute Gasteiger partial charge is 0.227 e. The van der Waals surface area contributed by atoms with Crippen molar-refractivity contribution in [2.45, 2.75) is 52.6 Å². The van der Waals surface area contributed by atoms with Gasteiger partial charge in [0.2, 0.25) is 11.8 Å². The molecule has 1 aromatic heterocycles. The highest BCUT2D eigenvalue weighted by Gasteiger charge is 2.35.